The average molecular weight is 320 g/mol. The summed E-state index contributed by atoms with van der Waals surface area (Å²) in [7, 11) is 1.52. The largest absolute Gasteiger partial charge is 0.480 e. The zero-order chi connectivity index (χ0) is 16.8. The molecule has 1 fully saturated rings. The Morgan fingerprint density at radius 2 is 2.00 bits per heavy atom. The number of rotatable bonds is 8. The Morgan fingerprint density at radius 3 is 2.52 bits per heavy atom. The van der Waals surface area contributed by atoms with Gasteiger partial charge in [-0.2, -0.15) is 0 Å². The molecule has 126 valence electrons. The van der Waals surface area contributed by atoms with Gasteiger partial charge in [0.2, 0.25) is 0 Å². The standard InChI is InChI=1S/C17H24N2O4/c1-3-19(11-15(20)21)14-9-13(10-14)18-17(22)16(23-2)12-7-5-4-6-8-12/h4-8,13-14,16H,3,9-11H2,1-2H3,(H,18,22)(H,20,21)/t13?,14?,16-/m1/s1. The van der Waals surface area contributed by atoms with Crippen LogP contribution in [-0.2, 0) is 14.3 Å². The van der Waals surface area contributed by atoms with Crippen molar-refractivity contribution in [3.8, 4) is 0 Å². The first-order valence-corrected chi connectivity index (χ1v) is 7.89. The number of carboxylic acids is 1. The van der Waals surface area contributed by atoms with Crippen LogP contribution in [0.5, 0.6) is 0 Å². The monoisotopic (exact) mass is 320 g/mol. The zero-order valence-corrected chi connectivity index (χ0v) is 13.6. The Bertz CT molecular complexity index is 529. The number of nitrogens with zero attached hydrogens (tertiary/aromatic N) is 1. The van der Waals surface area contributed by atoms with Gasteiger partial charge in [0.05, 0.1) is 6.54 Å². The van der Waals surface area contributed by atoms with Crippen molar-refractivity contribution >= 4 is 11.9 Å². The van der Waals surface area contributed by atoms with Gasteiger partial charge in [-0.1, -0.05) is 37.3 Å². The lowest BCUT2D eigenvalue weighted by atomic mass is 9.85. The Kier molecular flexibility index (Phi) is 6.12. The van der Waals surface area contributed by atoms with Gasteiger partial charge in [-0.15, -0.1) is 0 Å². The highest BCUT2D eigenvalue weighted by Gasteiger charge is 2.35. The van der Waals surface area contributed by atoms with Crippen LogP contribution >= 0.6 is 0 Å². The third-order valence-electron chi connectivity index (χ3n) is 4.30. The van der Waals surface area contributed by atoms with Crippen LogP contribution in [0, 0.1) is 0 Å². The number of ether oxygens (including phenoxy) is 1. The molecule has 1 saturated carbocycles. The lowest BCUT2D eigenvalue weighted by Crippen LogP contribution is -2.55. The van der Waals surface area contributed by atoms with Crippen molar-refractivity contribution in [2.75, 3.05) is 20.2 Å². The van der Waals surface area contributed by atoms with Gasteiger partial charge in [-0.3, -0.25) is 14.5 Å². The number of carboxylic acid groups (broad SMARTS) is 1. The molecular weight excluding hydrogens is 296 g/mol. The van der Waals surface area contributed by atoms with Crippen molar-refractivity contribution in [1.29, 1.82) is 0 Å². The van der Waals surface area contributed by atoms with Crippen LogP contribution in [0.1, 0.15) is 31.4 Å². The van der Waals surface area contributed by atoms with E-state index in [-0.39, 0.29) is 24.5 Å². The number of carbonyl (C=O) groups is 2. The van der Waals surface area contributed by atoms with Gasteiger partial charge in [0, 0.05) is 19.2 Å². The highest BCUT2D eigenvalue weighted by molar-refractivity contribution is 5.82. The maximum Gasteiger partial charge on any atom is 0.317 e. The first-order chi connectivity index (χ1) is 11.0. The summed E-state index contributed by atoms with van der Waals surface area (Å²) in [6.45, 7) is 2.69. The minimum atomic E-state index is -0.817. The highest BCUT2D eigenvalue weighted by atomic mass is 16.5. The first-order valence-electron chi connectivity index (χ1n) is 7.89. The summed E-state index contributed by atoms with van der Waals surface area (Å²) in [5, 5.41) is 11.9. The van der Waals surface area contributed by atoms with Crippen molar-refractivity contribution < 1.29 is 19.4 Å². The van der Waals surface area contributed by atoms with Gasteiger partial charge in [0.1, 0.15) is 0 Å². The van der Waals surface area contributed by atoms with Crippen molar-refractivity contribution in [3.05, 3.63) is 35.9 Å². The fourth-order valence-corrected chi connectivity index (χ4v) is 2.98. The minimum absolute atomic E-state index is 0.0482. The van der Waals surface area contributed by atoms with E-state index < -0.39 is 12.1 Å². The summed E-state index contributed by atoms with van der Waals surface area (Å²) >= 11 is 0. The van der Waals surface area contributed by atoms with Crippen molar-refractivity contribution in [2.45, 2.75) is 38.0 Å². The molecule has 0 aliphatic heterocycles. The van der Waals surface area contributed by atoms with E-state index in [1.165, 1.54) is 7.11 Å². The van der Waals surface area contributed by atoms with Crippen LogP contribution in [0.4, 0.5) is 0 Å². The van der Waals surface area contributed by atoms with Crippen LogP contribution in [0.2, 0.25) is 0 Å². The second-order valence-corrected chi connectivity index (χ2v) is 5.81. The predicted octanol–water partition coefficient (Wildman–Crippen LogP) is 1.43. The van der Waals surface area contributed by atoms with Gasteiger partial charge in [-0.25, -0.2) is 0 Å². The Labute approximate surface area is 136 Å². The normalized spacial score (nSPS) is 21.5. The maximum atomic E-state index is 12.4. The number of nitrogens with one attached hydrogen (secondary N) is 1. The fraction of sp³-hybridized carbons (Fsp3) is 0.529. The molecular formula is C17H24N2O4. The van der Waals surface area contributed by atoms with Crippen LogP contribution in [0.3, 0.4) is 0 Å². The summed E-state index contributed by atoms with van der Waals surface area (Å²) in [5.74, 6) is -0.966. The maximum absolute atomic E-state index is 12.4. The van der Waals surface area contributed by atoms with E-state index in [0.717, 1.165) is 18.4 Å². The summed E-state index contributed by atoms with van der Waals surface area (Å²) in [5.41, 5.74) is 0.824. The Morgan fingerprint density at radius 1 is 1.35 bits per heavy atom. The number of hydrogen-bond donors (Lipinski definition) is 2. The molecule has 0 unspecified atom stereocenters. The average Bonchev–Trinajstić information content (AvgIpc) is 2.50. The number of likely N-dealkylation sites (N-methyl/N-ethyl adjacent to an activating group) is 1. The number of aliphatic carboxylic acids is 1. The fourth-order valence-electron chi connectivity index (χ4n) is 2.98. The lowest BCUT2D eigenvalue weighted by Gasteiger charge is -2.42. The molecule has 2 rings (SSSR count). The van der Waals surface area contributed by atoms with E-state index >= 15 is 0 Å². The first kappa shape index (κ1) is 17.4. The van der Waals surface area contributed by atoms with E-state index in [4.69, 9.17) is 9.84 Å². The molecule has 0 heterocycles. The van der Waals surface area contributed by atoms with Gasteiger partial charge in [0.15, 0.2) is 6.10 Å². The molecule has 1 aliphatic carbocycles. The van der Waals surface area contributed by atoms with Crippen LogP contribution < -0.4 is 5.32 Å². The highest BCUT2D eigenvalue weighted by Crippen LogP contribution is 2.26. The number of carbonyl (C=O) groups excluding carboxylic acids is 1. The minimum Gasteiger partial charge on any atom is -0.480 e. The Hall–Kier alpha value is -1.92. The van der Waals surface area contributed by atoms with Crippen molar-refractivity contribution in [1.82, 2.24) is 10.2 Å². The molecule has 0 spiro atoms. The lowest BCUT2D eigenvalue weighted by molar-refractivity contribution is -0.140. The van der Waals surface area contributed by atoms with E-state index in [9.17, 15) is 9.59 Å². The van der Waals surface area contributed by atoms with Crippen molar-refractivity contribution in [3.63, 3.8) is 0 Å². The van der Waals surface area contributed by atoms with Gasteiger partial charge in [-0.05, 0) is 24.9 Å². The van der Waals surface area contributed by atoms with E-state index in [2.05, 4.69) is 5.32 Å². The molecule has 6 nitrogen and oxygen atoms in total. The molecule has 0 radical (unpaired) electrons. The van der Waals surface area contributed by atoms with E-state index in [1.54, 1.807) is 0 Å². The molecule has 1 atom stereocenters. The molecule has 0 aromatic heterocycles. The molecule has 6 heteroatoms. The Balaban J connectivity index is 1.84. The van der Waals surface area contributed by atoms with Gasteiger partial charge in [0.25, 0.3) is 5.91 Å². The van der Waals surface area contributed by atoms with E-state index in [0.29, 0.717) is 6.54 Å². The van der Waals surface area contributed by atoms with Crippen LogP contribution in [-0.4, -0.2) is 54.2 Å². The summed E-state index contributed by atoms with van der Waals surface area (Å²) in [6.07, 6.45) is 0.937. The van der Waals surface area contributed by atoms with Crippen LogP contribution in [0.15, 0.2) is 30.3 Å². The van der Waals surface area contributed by atoms with Gasteiger partial charge >= 0.3 is 5.97 Å². The second-order valence-electron chi connectivity index (χ2n) is 5.81. The number of amides is 1. The third kappa shape index (κ3) is 4.53. The topological polar surface area (TPSA) is 78.9 Å². The molecule has 23 heavy (non-hydrogen) atoms. The second kappa shape index (κ2) is 8.08. The van der Waals surface area contributed by atoms with Gasteiger partial charge < -0.3 is 15.2 Å². The molecule has 1 aromatic rings. The summed E-state index contributed by atoms with van der Waals surface area (Å²) < 4.78 is 5.32. The SMILES string of the molecule is CCN(CC(=O)O)C1CC(NC(=O)[C@H](OC)c2ccccc2)C1. The molecule has 2 N–H and O–H groups in total. The number of hydrogen-bond acceptors (Lipinski definition) is 4. The number of benzene rings is 1. The quantitative estimate of drug-likeness (QED) is 0.757. The summed E-state index contributed by atoms with van der Waals surface area (Å²) in [6, 6.07) is 9.67. The molecule has 0 bridgehead atoms. The summed E-state index contributed by atoms with van der Waals surface area (Å²) in [4.78, 5) is 25.1. The van der Waals surface area contributed by atoms with E-state index in [1.807, 2.05) is 42.2 Å². The molecule has 1 aliphatic rings. The zero-order valence-electron chi connectivity index (χ0n) is 13.6. The number of methoxy groups -OCH3 is 1. The predicted molar refractivity (Wildman–Crippen MR) is 86.0 cm³/mol. The molecule has 0 saturated heterocycles. The molecule has 1 aromatic carbocycles. The molecule has 1 amide bonds. The third-order valence-corrected chi connectivity index (χ3v) is 4.30. The van der Waals surface area contributed by atoms with Crippen LogP contribution in [0.25, 0.3) is 0 Å². The smallest absolute Gasteiger partial charge is 0.317 e. The van der Waals surface area contributed by atoms with Crippen molar-refractivity contribution in [2.24, 2.45) is 0 Å².